The molecule has 0 saturated carbocycles. The van der Waals surface area contributed by atoms with Crippen molar-refractivity contribution in [2.24, 2.45) is 0 Å². The van der Waals surface area contributed by atoms with Crippen LogP contribution in [0.3, 0.4) is 0 Å². The second-order valence-electron chi connectivity index (χ2n) is 3.45. The van der Waals surface area contributed by atoms with Gasteiger partial charge in [0.2, 0.25) is 0 Å². The van der Waals surface area contributed by atoms with Crippen LogP contribution >= 0.6 is 0 Å². The van der Waals surface area contributed by atoms with Crippen LogP contribution in [0.1, 0.15) is 11.4 Å². The van der Waals surface area contributed by atoms with Crippen LogP contribution in [-0.2, 0) is 6.54 Å². The third-order valence-electron chi connectivity index (χ3n) is 2.37. The molecule has 1 aromatic carbocycles. The van der Waals surface area contributed by atoms with E-state index in [1.54, 1.807) is 12.3 Å². The zero-order chi connectivity index (χ0) is 10.8. The van der Waals surface area contributed by atoms with Crippen molar-refractivity contribution in [2.45, 2.75) is 13.5 Å². The molecule has 0 aliphatic rings. The van der Waals surface area contributed by atoms with Crippen LogP contribution in [0.2, 0.25) is 0 Å². The lowest BCUT2D eigenvalue weighted by molar-refractivity contribution is 0.627. The van der Waals surface area contributed by atoms with Gasteiger partial charge in [0.1, 0.15) is 11.6 Å². The Hall–Kier alpha value is -1.84. The largest absolute Gasteiger partial charge is 0.398 e. The van der Waals surface area contributed by atoms with Crippen LogP contribution < -0.4 is 5.73 Å². The SMILES string of the molecule is Cc1nccn1Cc1ccc(F)cc1N. The van der Waals surface area contributed by atoms with Gasteiger partial charge >= 0.3 is 0 Å². The Morgan fingerprint density at radius 1 is 1.47 bits per heavy atom. The Kier molecular flexibility index (Phi) is 2.41. The van der Waals surface area contributed by atoms with Crippen molar-refractivity contribution < 1.29 is 4.39 Å². The van der Waals surface area contributed by atoms with E-state index in [1.165, 1.54) is 12.1 Å². The number of anilines is 1. The number of hydrogen-bond donors (Lipinski definition) is 1. The predicted molar refractivity (Wildman–Crippen MR) is 56.9 cm³/mol. The molecule has 0 aliphatic heterocycles. The first-order valence-electron chi connectivity index (χ1n) is 4.68. The molecular weight excluding hydrogens is 193 g/mol. The first kappa shape index (κ1) is 9.71. The fourth-order valence-electron chi connectivity index (χ4n) is 1.46. The molecule has 0 amide bonds. The van der Waals surface area contributed by atoms with E-state index in [4.69, 9.17) is 5.73 Å². The average Bonchev–Trinajstić information content (AvgIpc) is 2.57. The Morgan fingerprint density at radius 3 is 2.87 bits per heavy atom. The second kappa shape index (κ2) is 3.73. The van der Waals surface area contributed by atoms with Crippen LogP contribution in [0.5, 0.6) is 0 Å². The van der Waals surface area contributed by atoms with E-state index in [9.17, 15) is 4.39 Å². The molecule has 3 nitrogen and oxygen atoms in total. The van der Waals surface area contributed by atoms with E-state index in [0.717, 1.165) is 11.4 Å². The zero-order valence-electron chi connectivity index (χ0n) is 8.44. The number of aromatic nitrogens is 2. The van der Waals surface area contributed by atoms with Crippen molar-refractivity contribution in [3.63, 3.8) is 0 Å². The molecule has 2 N–H and O–H groups in total. The standard InChI is InChI=1S/C11H12FN3/c1-8-14-4-5-15(8)7-9-2-3-10(12)6-11(9)13/h2-6H,7,13H2,1H3. The summed E-state index contributed by atoms with van der Waals surface area (Å²) in [5.74, 6) is 0.609. The highest BCUT2D eigenvalue weighted by atomic mass is 19.1. The Bertz CT molecular complexity index is 476. The molecule has 1 heterocycles. The first-order valence-corrected chi connectivity index (χ1v) is 4.68. The molecule has 0 radical (unpaired) electrons. The molecule has 1 aromatic heterocycles. The monoisotopic (exact) mass is 205 g/mol. The van der Waals surface area contributed by atoms with Gasteiger partial charge in [-0.1, -0.05) is 6.07 Å². The minimum Gasteiger partial charge on any atom is -0.398 e. The van der Waals surface area contributed by atoms with E-state index in [0.29, 0.717) is 12.2 Å². The molecule has 0 unspecified atom stereocenters. The number of nitrogens with two attached hydrogens (primary N) is 1. The predicted octanol–water partition coefficient (Wildman–Crippen LogP) is 1.96. The summed E-state index contributed by atoms with van der Waals surface area (Å²) in [6, 6.07) is 4.45. The summed E-state index contributed by atoms with van der Waals surface area (Å²) in [6.07, 6.45) is 3.60. The number of aryl methyl sites for hydroxylation is 1. The van der Waals surface area contributed by atoms with Gasteiger partial charge in [-0.05, 0) is 24.6 Å². The van der Waals surface area contributed by atoms with Crippen molar-refractivity contribution >= 4 is 5.69 Å². The highest BCUT2D eigenvalue weighted by molar-refractivity contribution is 5.46. The highest BCUT2D eigenvalue weighted by Crippen LogP contribution is 2.15. The summed E-state index contributed by atoms with van der Waals surface area (Å²) < 4.78 is 14.8. The fraction of sp³-hybridized carbons (Fsp3) is 0.182. The van der Waals surface area contributed by atoms with Crippen LogP contribution in [-0.4, -0.2) is 9.55 Å². The molecule has 0 bridgehead atoms. The van der Waals surface area contributed by atoms with Gasteiger partial charge < -0.3 is 10.3 Å². The maximum absolute atomic E-state index is 12.8. The summed E-state index contributed by atoms with van der Waals surface area (Å²) in [7, 11) is 0. The normalized spacial score (nSPS) is 10.5. The molecule has 2 aromatic rings. The summed E-state index contributed by atoms with van der Waals surface area (Å²) >= 11 is 0. The summed E-state index contributed by atoms with van der Waals surface area (Å²) in [6.45, 7) is 2.54. The van der Waals surface area contributed by atoms with Crippen molar-refractivity contribution in [3.05, 3.63) is 47.8 Å². The van der Waals surface area contributed by atoms with Gasteiger partial charge in [-0.3, -0.25) is 0 Å². The number of imidazole rings is 1. The number of hydrogen-bond acceptors (Lipinski definition) is 2. The Morgan fingerprint density at radius 2 is 2.27 bits per heavy atom. The van der Waals surface area contributed by atoms with Crippen LogP contribution in [0.4, 0.5) is 10.1 Å². The Labute approximate surface area is 87.4 Å². The minimum atomic E-state index is -0.307. The van der Waals surface area contributed by atoms with Gasteiger partial charge in [0.05, 0.1) is 6.54 Å². The van der Waals surface area contributed by atoms with E-state index in [-0.39, 0.29) is 5.82 Å². The smallest absolute Gasteiger partial charge is 0.125 e. The molecule has 4 heteroatoms. The lowest BCUT2D eigenvalue weighted by Gasteiger charge is -2.07. The number of nitrogen functional groups attached to an aromatic ring is 1. The molecule has 78 valence electrons. The number of benzene rings is 1. The lowest BCUT2D eigenvalue weighted by atomic mass is 10.2. The lowest BCUT2D eigenvalue weighted by Crippen LogP contribution is -2.04. The molecule has 0 atom stereocenters. The van der Waals surface area contributed by atoms with E-state index in [2.05, 4.69) is 4.98 Å². The second-order valence-corrected chi connectivity index (χ2v) is 3.45. The third kappa shape index (κ3) is 1.98. The minimum absolute atomic E-state index is 0.307. The molecular formula is C11H12FN3. The van der Waals surface area contributed by atoms with Crippen LogP contribution in [0.15, 0.2) is 30.6 Å². The third-order valence-corrected chi connectivity index (χ3v) is 2.37. The molecule has 0 fully saturated rings. The van der Waals surface area contributed by atoms with E-state index >= 15 is 0 Å². The first-order chi connectivity index (χ1) is 7.16. The van der Waals surface area contributed by atoms with Crippen LogP contribution in [0.25, 0.3) is 0 Å². The van der Waals surface area contributed by atoms with Crippen molar-refractivity contribution in [1.82, 2.24) is 9.55 Å². The molecule has 0 saturated heterocycles. The zero-order valence-corrected chi connectivity index (χ0v) is 8.44. The van der Waals surface area contributed by atoms with E-state index < -0.39 is 0 Å². The number of rotatable bonds is 2. The topological polar surface area (TPSA) is 43.8 Å². The van der Waals surface area contributed by atoms with Gasteiger partial charge in [-0.15, -0.1) is 0 Å². The highest BCUT2D eigenvalue weighted by Gasteiger charge is 2.03. The van der Waals surface area contributed by atoms with Gasteiger partial charge in [0.15, 0.2) is 0 Å². The van der Waals surface area contributed by atoms with Crippen molar-refractivity contribution in [1.29, 1.82) is 0 Å². The van der Waals surface area contributed by atoms with Gasteiger partial charge in [-0.2, -0.15) is 0 Å². The molecule has 15 heavy (non-hydrogen) atoms. The molecule has 2 rings (SSSR count). The quantitative estimate of drug-likeness (QED) is 0.761. The fourth-order valence-corrected chi connectivity index (χ4v) is 1.46. The van der Waals surface area contributed by atoms with Gasteiger partial charge in [0, 0.05) is 18.1 Å². The van der Waals surface area contributed by atoms with Crippen molar-refractivity contribution in [3.8, 4) is 0 Å². The Balaban J connectivity index is 2.29. The average molecular weight is 205 g/mol. The summed E-state index contributed by atoms with van der Waals surface area (Å²) in [5, 5.41) is 0. The number of nitrogens with zero attached hydrogens (tertiary/aromatic N) is 2. The van der Waals surface area contributed by atoms with Gasteiger partial charge in [0.25, 0.3) is 0 Å². The molecule has 0 aliphatic carbocycles. The summed E-state index contributed by atoms with van der Waals surface area (Å²) in [5.41, 5.74) is 7.09. The maximum Gasteiger partial charge on any atom is 0.125 e. The maximum atomic E-state index is 12.8. The number of halogens is 1. The van der Waals surface area contributed by atoms with Gasteiger partial charge in [-0.25, -0.2) is 9.37 Å². The van der Waals surface area contributed by atoms with Crippen LogP contribution in [0, 0.1) is 12.7 Å². The van der Waals surface area contributed by atoms with E-state index in [1.807, 2.05) is 17.7 Å². The van der Waals surface area contributed by atoms with Crippen molar-refractivity contribution in [2.75, 3.05) is 5.73 Å². The summed E-state index contributed by atoms with van der Waals surface area (Å²) in [4.78, 5) is 4.11. The molecule has 0 spiro atoms.